The zero-order valence-electron chi connectivity index (χ0n) is 18.8. The normalized spacial score (nSPS) is 16.3. The minimum atomic E-state index is -0.450. The molecule has 2 aromatic carbocycles. The molecule has 1 aliphatic heterocycles. The SMILES string of the molecule is C=CC(=O)OCCOCCOCCOc1c2c(c(OCC3CO3)c3ccccc13)CC=CC2. The van der Waals surface area contributed by atoms with Gasteiger partial charge in [-0.3, -0.25) is 0 Å². The highest BCUT2D eigenvalue weighted by atomic mass is 16.6. The number of ether oxygens (including phenoxy) is 6. The fourth-order valence-electron chi connectivity index (χ4n) is 3.77. The molecule has 1 fully saturated rings. The molecule has 0 bridgehead atoms. The lowest BCUT2D eigenvalue weighted by Gasteiger charge is -2.23. The number of esters is 1. The molecule has 2 aliphatic rings. The maximum atomic E-state index is 10.9. The van der Waals surface area contributed by atoms with Crippen molar-refractivity contribution < 1.29 is 33.2 Å². The fourth-order valence-corrected chi connectivity index (χ4v) is 3.77. The third kappa shape index (κ3) is 6.35. The molecule has 7 heteroatoms. The first kappa shape index (κ1) is 23.3. The van der Waals surface area contributed by atoms with Gasteiger partial charge in [0.1, 0.15) is 37.4 Å². The quantitative estimate of drug-likeness (QED) is 0.142. The number of fused-ring (bicyclic) bond motifs is 2. The molecule has 1 unspecified atom stereocenters. The molecule has 1 aliphatic carbocycles. The summed E-state index contributed by atoms with van der Waals surface area (Å²) in [5.74, 6) is 1.40. The average Bonchev–Trinajstić information content (AvgIpc) is 3.68. The molecule has 33 heavy (non-hydrogen) atoms. The molecule has 1 heterocycles. The van der Waals surface area contributed by atoms with E-state index in [4.69, 9.17) is 28.4 Å². The Hall–Kier alpha value is -2.87. The number of hydrogen-bond donors (Lipinski definition) is 0. The molecule has 2 aromatic rings. The Morgan fingerprint density at radius 3 is 2.09 bits per heavy atom. The fraction of sp³-hybridized carbons (Fsp3) is 0.423. The van der Waals surface area contributed by atoms with Crippen molar-refractivity contribution in [3.63, 3.8) is 0 Å². The van der Waals surface area contributed by atoms with Crippen LogP contribution in [0.25, 0.3) is 10.8 Å². The minimum Gasteiger partial charge on any atom is -0.490 e. The van der Waals surface area contributed by atoms with Crippen LogP contribution in [0, 0.1) is 0 Å². The Labute approximate surface area is 193 Å². The van der Waals surface area contributed by atoms with Gasteiger partial charge in [0.05, 0.1) is 33.0 Å². The van der Waals surface area contributed by atoms with Crippen molar-refractivity contribution in [1.82, 2.24) is 0 Å². The van der Waals surface area contributed by atoms with E-state index in [1.807, 2.05) is 12.1 Å². The second-order valence-corrected chi connectivity index (χ2v) is 7.75. The van der Waals surface area contributed by atoms with E-state index in [2.05, 4.69) is 30.9 Å². The molecule has 7 nitrogen and oxygen atoms in total. The molecular weight excluding hydrogens is 424 g/mol. The summed E-state index contributed by atoms with van der Waals surface area (Å²) < 4.78 is 33.6. The summed E-state index contributed by atoms with van der Waals surface area (Å²) in [6, 6.07) is 8.22. The number of carbonyl (C=O) groups excluding carboxylic acids is 1. The van der Waals surface area contributed by atoms with Crippen LogP contribution in [0.3, 0.4) is 0 Å². The Morgan fingerprint density at radius 1 is 0.909 bits per heavy atom. The molecule has 0 saturated carbocycles. The van der Waals surface area contributed by atoms with Crippen molar-refractivity contribution >= 4 is 16.7 Å². The van der Waals surface area contributed by atoms with E-state index < -0.39 is 5.97 Å². The second-order valence-electron chi connectivity index (χ2n) is 7.75. The van der Waals surface area contributed by atoms with Crippen molar-refractivity contribution in [1.29, 1.82) is 0 Å². The van der Waals surface area contributed by atoms with Crippen molar-refractivity contribution in [2.75, 3.05) is 52.9 Å². The highest BCUT2D eigenvalue weighted by Gasteiger charge is 2.26. The monoisotopic (exact) mass is 454 g/mol. The van der Waals surface area contributed by atoms with Gasteiger partial charge in [-0.15, -0.1) is 0 Å². The van der Waals surface area contributed by atoms with Crippen LogP contribution in [0.15, 0.2) is 49.1 Å². The van der Waals surface area contributed by atoms with Crippen LogP contribution in [0.1, 0.15) is 11.1 Å². The lowest BCUT2D eigenvalue weighted by Crippen LogP contribution is -2.15. The van der Waals surface area contributed by atoms with Crippen molar-refractivity contribution in [3.05, 3.63) is 60.2 Å². The van der Waals surface area contributed by atoms with Gasteiger partial charge in [-0.1, -0.05) is 43.0 Å². The Kier molecular flexibility index (Phi) is 8.35. The van der Waals surface area contributed by atoms with Crippen LogP contribution >= 0.6 is 0 Å². The van der Waals surface area contributed by atoms with Crippen LogP contribution in [0.4, 0.5) is 0 Å². The Balaban J connectivity index is 1.31. The van der Waals surface area contributed by atoms with Crippen LogP contribution in [-0.4, -0.2) is 64.9 Å². The van der Waals surface area contributed by atoms with Crippen LogP contribution < -0.4 is 9.47 Å². The molecule has 176 valence electrons. The lowest BCUT2D eigenvalue weighted by atomic mass is 9.90. The summed E-state index contributed by atoms with van der Waals surface area (Å²) in [5.41, 5.74) is 2.37. The van der Waals surface area contributed by atoms with Crippen LogP contribution in [0.2, 0.25) is 0 Å². The van der Waals surface area contributed by atoms with Gasteiger partial charge in [0.15, 0.2) is 0 Å². The molecule has 0 amide bonds. The van der Waals surface area contributed by atoms with Gasteiger partial charge < -0.3 is 28.4 Å². The maximum absolute atomic E-state index is 10.9. The van der Waals surface area contributed by atoms with Gasteiger partial charge in [-0.2, -0.15) is 0 Å². The Morgan fingerprint density at radius 2 is 1.48 bits per heavy atom. The number of rotatable bonds is 14. The van der Waals surface area contributed by atoms with E-state index in [0.717, 1.165) is 47.8 Å². The molecule has 0 radical (unpaired) electrons. The van der Waals surface area contributed by atoms with E-state index in [0.29, 0.717) is 39.6 Å². The van der Waals surface area contributed by atoms with Gasteiger partial charge in [0.2, 0.25) is 0 Å². The third-order valence-electron chi connectivity index (χ3n) is 5.44. The van der Waals surface area contributed by atoms with Crippen LogP contribution in [0.5, 0.6) is 11.5 Å². The van der Waals surface area contributed by atoms with Crippen molar-refractivity contribution in [2.24, 2.45) is 0 Å². The lowest BCUT2D eigenvalue weighted by molar-refractivity contribution is -0.139. The smallest absolute Gasteiger partial charge is 0.330 e. The van der Waals surface area contributed by atoms with Crippen LogP contribution in [-0.2, 0) is 36.6 Å². The van der Waals surface area contributed by atoms with Gasteiger partial charge in [-0.05, 0) is 12.8 Å². The highest BCUT2D eigenvalue weighted by molar-refractivity contribution is 5.96. The van der Waals surface area contributed by atoms with E-state index in [9.17, 15) is 4.79 Å². The van der Waals surface area contributed by atoms with Gasteiger partial charge >= 0.3 is 5.97 Å². The molecule has 0 spiro atoms. The molecule has 0 N–H and O–H groups in total. The zero-order valence-corrected chi connectivity index (χ0v) is 18.8. The first-order valence-corrected chi connectivity index (χ1v) is 11.3. The van der Waals surface area contributed by atoms with Gasteiger partial charge in [0, 0.05) is 28.0 Å². The standard InChI is InChI=1S/C26H30O7/c1-2-24(27)30-15-13-28-11-12-29-14-16-31-25-20-7-3-5-9-22(20)26(33-18-19-17-32-19)23-10-6-4-8-21(23)25/h2-7,9,19H,1,8,10-18H2. The number of benzene rings is 2. The largest absolute Gasteiger partial charge is 0.490 e. The summed E-state index contributed by atoms with van der Waals surface area (Å²) in [5, 5.41) is 2.12. The minimum absolute atomic E-state index is 0.202. The number of carbonyl (C=O) groups is 1. The Bertz CT molecular complexity index is 994. The van der Waals surface area contributed by atoms with E-state index in [1.165, 1.54) is 11.1 Å². The zero-order chi connectivity index (χ0) is 22.9. The molecule has 4 rings (SSSR count). The first-order valence-electron chi connectivity index (χ1n) is 11.3. The molecule has 0 aromatic heterocycles. The van der Waals surface area contributed by atoms with Gasteiger partial charge in [-0.25, -0.2) is 4.79 Å². The average molecular weight is 455 g/mol. The van der Waals surface area contributed by atoms with E-state index in [-0.39, 0.29) is 12.7 Å². The van der Waals surface area contributed by atoms with E-state index in [1.54, 1.807) is 0 Å². The predicted molar refractivity (Wildman–Crippen MR) is 124 cm³/mol. The van der Waals surface area contributed by atoms with Crippen molar-refractivity contribution in [2.45, 2.75) is 18.9 Å². The summed E-state index contributed by atoms with van der Waals surface area (Å²) in [7, 11) is 0. The molecule has 1 saturated heterocycles. The molecule has 1 atom stereocenters. The topological polar surface area (TPSA) is 75.8 Å². The van der Waals surface area contributed by atoms with Gasteiger partial charge in [0.25, 0.3) is 0 Å². The first-order chi connectivity index (χ1) is 16.3. The number of epoxide rings is 1. The summed E-state index contributed by atoms with van der Waals surface area (Å²) in [6.45, 7) is 6.97. The highest BCUT2D eigenvalue weighted by Crippen LogP contribution is 2.43. The van der Waals surface area contributed by atoms with Crippen molar-refractivity contribution in [3.8, 4) is 11.5 Å². The summed E-state index contributed by atoms with van der Waals surface area (Å²) >= 11 is 0. The number of allylic oxidation sites excluding steroid dienone is 2. The summed E-state index contributed by atoms with van der Waals surface area (Å²) in [4.78, 5) is 10.9. The van der Waals surface area contributed by atoms with E-state index >= 15 is 0 Å². The number of hydrogen-bond acceptors (Lipinski definition) is 7. The third-order valence-corrected chi connectivity index (χ3v) is 5.44. The molecular formula is C26H30O7. The second kappa shape index (κ2) is 11.8. The summed E-state index contributed by atoms with van der Waals surface area (Å²) in [6.07, 6.45) is 7.34. The predicted octanol–water partition coefficient (Wildman–Crippen LogP) is 3.41. The maximum Gasteiger partial charge on any atom is 0.330 e.